The first-order valence-electron chi connectivity index (χ1n) is 9.04. The van der Waals surface area contributed by atoms with Gasteiger partial charge in [-0.05, 0) is 59.2 Å². The zero-order chi connectivity index (χ0) is 19.9. The number of thioether (sulfide) groups is 1. The van der Waals surface area contributed by atoms with Gasteiger partial charge in [0, 0.05) is 0 Å². The predicted octanol–water partition coefficient (Wildman–Crippen LogP) is 3.20. The number of ether oxygens (including phenoxy) is 1. The zero-order valence-corrected chi connectivity index (χ0v) is 16.9. The summed E-state index contributed by atoms with van der Waals surface area (Å²) in [5.41, 5.74) is 3.17. The minimum atomic E-state index is -0.0682. The fourth-order valence-corrected chi connectivity index (χ4v) is 3.39. The monoisotopic (exact) mass is 397 g/mol. The summed E-state index contributed by atoms with van der Waals surface area (Å²) in [4.78, 5) is 12.4. The third-order valence-electron chi connectivity index (χ3n) is 4.36. The van der Waals surface area contributed by atoms with Gasteiger partial charge in [0.1, 0.15) is 5.75 Å². The molecule has 0 aliphatic carbocycles. The maximum Gasteiger partial charge on any atom is 0.230 e. The van der Waals surface area contributed by atoms with E-state index in [1.165, 1.54) is 17.3 Å². The molecule has 0 bridgehead atoms. The van der Waals surface area contributed by atoms with E-state index in [2.05, 4.69) is 52.0 Å². The molecule has 1 amide bonds. The molecule has 1 aromatic heterocycles. The summed E-state index contributed by atoms with van der Waals surface area (Å²) in [6, 6.07) is 15.6. The van der Waals surface area contributed by atoms with E-state index in [0.717, 1.165) is 23.4 Å². The lowest BCUT2D eigenvalue weighted by atomic mass is 10.1. The van der Waals surface area contributed by atoms with Crippen LogP contribution in [0, 0.1) is 0 Å². The van der Waals surface area contributed by atoms with Gasteiger partial charge in [0.2, 0.25) is 11.1 Å². The largest absolute Gasteiger partial charge is 0.497 e. The molecule has 3 rings (SSSR count). The van der Waals surface area contributed by atoms with Crippen LogP contribution in [0.5, 0.6) is 5.75 Å². The number of hydrogen-bond donors (Lipinski definition) is 1. The summed E-state index contributed by atoms with van der Waals surface area (Å²) in [5.74, 6) is 0.918. The summed E-state index contributed by atoms with van der Waals surface area (Å²) < 4.78 is 6.76. The number of aryl methyl sites for hydroxylation is 1. The molecule has 0 spiro atoms. The summed E-state index contributed by atoms with van der Waals surface area (Å²) in [5, 5.41) is 15.3. The number of nitrogens with zero attached hydrogens (tertiary/aromatic N) is 4. The van der Waals surface area contributed by atoms with Gasteiger partial charge < -0.3 is 10.1 Å². The molecular formula is C20H23N5O2S. The highest BCUT2D eigenvalue weighted by atomic mass is 32.2. The van der Waals surface area contributed by atoms with E-state index in [0.29, 0.717) is 5.16 Å². The molecule has 1 heterocycles. The normalized spacial score (nSPS) is 11.8. The molecule has 2 aromatic carbocycles. The summed E-state index contributed by atoms with van der Waals surface area (Å²) in [7, 11) is 1.62. The van der Waals surface area contributed by atoms with Crippen molar-refractivity contribution in [2.45, 2.75) is 31.5 Å². The molecule has 0 radical (unpaired) electrons. The Morgan fingerprint density at radius 2 is 1.89 bits per heavy atom. The van der Waals surface area contributed by atoms with Gasteiger partial charge in [-0.3, -0.25) is 4.79 Å². The van der Waals surface area contributed by atoms with E-state index in [-0.39, 0.29) is 17.7 Å². The van der Waals surface area contributed by atoms with Crippen LogP contribution in [0.3, 0.4) is 0 Å². The molecule has 3 aromatic rings. The van der Waals surface area contributed by atoms with Crippen molar-refractivity contribution in [1.82, 2.24) is 25.5 Å². The number of hydrogen-bond acceptors (Lipinski definition) is 6. The fourth-order valence-electron chi connectivity index (χ4n) is 2.69. The van der Waals surface area contributed by atoms with E-state index >= 15 is 0 Å². The van der Waals surface area contributed by atoms with Crippen molar-refractivity contribution >= 4 is 17.7 Å². The Balaban J connectivity index is 1.58. The number of carbonyl (C=O) groups excluding carboxylic acids is 1. The summed E-state index contributed by atoms with van der Waals surface area (Å²) >= 11 is 1.29. The Kier molecular flexibility index (Phi) is 6.65. The minimum Gasteiger partial charge on any atom is -0.497 e. The molecule has 7 nitrogen and oxygen atoms in total. The van der Waals surface area contributed by atoms with Gasteiger partial charge in [0.05, 0.1) is 24.6 Å². The van der Waals surface area contributed by atoms with Crippen molar-refractivity contribution in [2.75, 3.05) is 12.9 Å². The van der Waals surface area contributed by atoms with Crippen molar-refractivity contribution in [1.29, 1.82) is 0 Å². The van der Waals surface area contributed by atoms with Crippen LogP contribution in [0.25, 0.3) is 5.69 Å². The van der Waals surface area contributed by atoms with Crippen molar-refractivity contribution in [2.24, 2.45) is 0 Å². The average Bonchev–Trinajstić information content (AvgIpc) is 3.21. The van der Waals surface area contributed by atoms with Crippen LogP contribution >= 0.6 is 11.8 Å². The maximum absolute atomic E-state index is 12.4. The van der Waals surface area contributed by atoms with E-state index in [9.17, 15) is 4.79 Å². The SMILES string of the molecule is CCc1ccc([C@H](C)NC(=O)CSc2nnnn2-c2ccc(OC)cc2)cc1. The number of tetrazole rings is 1. The summed E-state index contributed by atoms with van der Waals surface area (Å²) in [6.07, 6.45) is 1.00. The van der Waals surface area contributed by atoms with Crippen LogP contribution in [0.2, 0.25) is 0 Å². The van der Waals surface area contributed by atoms with Gasteiger partial charge in [0.25, 0.3) is 0 Å². The highest BCUT2D eigenvalue weighted by molar-refractivity contribution is 7.99. The smallest absolute Gasteiger partial charge is 0.230 e. The van der Waals surface area contributed by atoms with Crippen LogP contribution in [-0.2, 0) is 11.2 Å². The molecular weight excluding hydrogens is 374 g/mol. The Labute approximate surface area is 168 Å². The average molecular weight is 398 g/mol. The standard InChI is InChI=1S/C20H23N5O2S/c1-4-15-5-7-16(8-6-15)14(2)21-19(26)13-28-20-22-23-24-25(20)17-9-11-18(27-3)12-10-17/h5-12,14H,4,13H2,1-3H3,(H,21,26)/t14-/m0/s1. The first-order chi connectivity index (χ1) is 13.6. The number of carbonyl (C=O) groups is 1. The minimum absolute atomic E-state index is 0.0587. The number of benzene rings is 2. The molecule has 28 heavy (non-hydrogen) atoms. The van der Waals surface area contributed by atoms with Crippen LogP contribution in [-0.4, -0.2) is 39.0 Å². The Morgan fingerprint density at radius 3 is 2.54 bits per heavy atom. The van der Waals surface area contributed by atoms with E-state index in [1.54, 1.807) is 11.8 Å². The lowest BCUT2D eigenvalue weighted by Crippen LogP contribution is -2.28. The first-order valence-corrected chi connectivity index (χ1v) is 10.0. The van der Waals surface area contributed by atoms with Crippen molar-refractivity contribution in [3.05, 3.63) is 59.7 Å². The lowest BCUT2D eigenvalue weighted by molar-refractivity contribution is -0.119. The molecule has 0 saturated heterocycles. The molecule has 1 N–H and O–H groups in total. The molecule has 8 heteroatoms. The Bertz CT molecular complexity index is 909. The molecule has 1 atom stereocenters. The van der Waals surface area contributed by atoms with E-state index in [1.807, 2.05) is 31.2 Å². The van der Waals surface area contributed by atoms with Gasteiger partial charge in [-0.2, -0.15) is 4.68 Å². The van der Waals surface area contributed by atoms with E-state index < -0.39 is 0 Å². The van der Waals surface area contributed by atoms with Crippen LogP contribution < -0.4 is 10.1 Å². The first kappa shape index (κ1) is 19.9. The quantitative estimate of drug-likeness (QED) is 0.588. The molecule has 0 unspecified atom stereocenters. The zero-order valence-electron chi connectivity index (χ0n) is 16.1. The molecule has 0 aliphatic heterocycles. The second-order valence-corrected chi connectivity index (χ2v) is 7.19. The molecule has 0 fully saturated rings. The van der Waals surface area contributed by atoms with Crippen LogP contribution in [0.1, 0.15) is 31.0 Å². The van der Waals surface area contributed by atoms with E-state index in [4.69, 9.17) is 4.74 Å². The molecule has 0 saturated carbocycles. The topological polar surface area (TPSA) is 81.9 Å². The second-order valence-electron chi connectivity index (χ2n) is 6.24. The van der Waals surface area contributed by atoms with Crippen LogP contribution in [0.15, 0.2) is 53.7 Å². The predicted molar refractivity (Wildman–Crippen MR) is 109 cm³/mol. The van der Waals surface area contributed by atoms with Crippen molar-refractivity contribution < 1.29 is 9.53 Å². The van der Waals surface area contributed by atoms with Crippen molar-refractivity contribution in [3.8, 4) is 11.4 Å². The lowest BCUT2D eigenvalue weighted by Gasteiger charge is -2.14. The Hall–Kier alpha value is -2.87. The number of nitrogens with one attached hydrogen (secondary N) is 1. The highest BCUT2D eigenvalue weighted by Gasteiger charge is 2.14. The van der Waals surface area contributed by atoms with Gasteiger partial charge in [0.15, 0.2) is 0 Å². The van der Waals surface area contributed by atoms with Gasteiger partial charge in [-0.1, -0.05) is 43.0 Å². The molecule has 146 valence electrons. The number of amides is 1. The number of rotatable bonds is 8. The van der Waals surface area contributed by atoms with Gasteiger partial charge in [-0.15, -0.1) is 5.10 Å². The third kappa shape index (κ3) is 4.89. The summed E-state index contributed by atoms with van der Waals surface area (Å²) in [6.45, 7) is 4.10. The third-order valence-corrected chi connectivity index (χ3v) is 5.28. The van der Waals surface area contributed by atoms with Gasteiger partial charge in [-0.25, -0.2) is 0 Å². The van der Waals surface area contributed by atoms with Crippen LogP contribution in [0.4, 0.5) is 0 Å². The highest BCUT2D eigenvalue weighted by Crippen LogP contribution is 2.21. The number of methoxy groups -OCH3 is 1. The second kappa shape index (κ2) is 9.36. The maximum atomic E-state index is 12.4. The van der Waals surface area contributed by atoms with Gasteiger partial charge >= 0.3 is 0 Å². The Morgan fingerprint density at radius 1 is 1.18 bits per heavy atom. The number of aromatic nitrogens is 4. The van der Waals surface area contributed by atoms with Crippen molar-refractivity contribution in [3.63, 3.8) is 0 Å². The fraction of sp³-hybridized carbons (Fsp3) is 0.300. The molecule has 0 aliphatic rings.